The molecular weight excluding hydrogens is 278 g/mol. The van der Waals surface area contributed by atoms with Crippen LogP contribution in [-0.4, -0.2) is 31.4 Å². The van der Waals surface area contributed by atoms with E-state index in [9.17, 15) is 9.59 Å². The summed E-state index contributed by atoms with van der Waals surface area (Å²) in [6, 6.07) is 5.72. The molecule has 1 aliphatic rings. The molecule has 1 fully saturated rings. The van der Waals surface area contributed by atoms with Crippen LogP contribution < -0.4 is 16.0 Å². The van der Waals surface area contributed by atoms with Crippen LogP contribution in [0.1, 0.15) is 48.0 Å². The fraction of sp³-hybridized carbons (Fsp3) is 0.529. The van der Waals surface area contributed by atoms with Crippen LogP contribution in [0.25, 0.3) is 0 Å². The monoisotopic (exact) mass is 303 g/mol. The van der Waals surface area contributed by atoms with Gasteiger partial charge >= 0.3 is 0 Å². The van der Waals surface area contributed by atoms with Crippen molar-refractivity contribution in [2.24, 2.45) is 0 Å². The molecule has 0 heterocycles. The first kappa shape index (κ1) is 16.5. The molecule has 5 heteroatoms. The van der Waals surface area contributed by atoms with Gasteiger partial charge in [0.25, 0.3) is 5.91 Å². The van der Waals surface area contributed by atoms with Crippen molar-refractivity contribution in [1.29, 1.82) is 0 Å². The molecule has 1 saturated carbocycles. The number of rotatable bonds is 6. The molecule has 0 atom stereocenters. The Labute approximate surface area is 131 Å². The Kier molecular flexibility index (Phi) is 5.95. The lowest BCUT2D eigenvalue weighted by molar-refractivity contribution is -0.116. The van der Waals surface area contributed by atoms with Gasteiger partial charge in [0.15, 0.2) is 0 Å². The van der Waals surface area contributed by atoms with Crippen molar-refractivity contribution in [3.05, 3.63) is 29.3 Å². The van der Waals surface area contributed by atoms with Gasteiger partial charge in [-0.2, -0.15) is 0 Å². The molecule has 5 nitrogen and oxygen atoms in total. The van der Waals surface area contributed by atoms with Gasteiger partial charge in [-0.25, -0.2) is 0 Å². The Morgan fingerprint density at radius 2 is 1.95 bits per heavy atom. The van der Waals surface area contributed by atoms with Gasteiger partial charge in [0.1, 0.15) is 0 Å². The highest BCUT2D eigenvalue weighted by Crippen LogP contribution is 2.20. The van der Waals surface area contributed by atoms with Crippen molar-refractivity contribution in [3.8, 4) is 0 Å². The van der Waals surface area contributed by atoms with Gasteiger partial charge in [0.2, 0.25) is 5.91 Å². The molecule has 120 valence electrons. The number of amides is 2. The molecule has 2 rings (SSSR count). The van der Waals surface area contributed by atoms with E-state index in [1.165, 1.54) is 12.8 Å². The molecule has 22 heavy (non-hydrogen) atoms. The van der Waals surface area contributed by atoms with E-state index in [0.717, 1.165) is 24.1 Å². The minimum absolute atomic E-state index is 0.0249. The first-order chi connectivity index (χ1) is 10.6. The zero-order valence-electron chi connectivity index (χ0n) is 13.4. The molecule has 0 aliphatic heterocycles. The smallest absolute Gasteiger partial charge is 0.251 e. The zero-order valence-corrected chi connectivity index (χ0v) is 13.4. The van der Waals surface area contributed by atoms with Crippen LogP contribution in [0.4, 0.5) is 5.69 Å². The minimum Gasteiger partial charge on any atom is -0.349 e. The fourth-order valence-corrected chi connectivity index (χ4v) is 2.74. The molecule has 0 saturated heterocycles. The molecule has 3 N–H and O–H groups in total. The number of aryl methyl sites for hydroxylation is 1. The van der Waals surface area contributed by atoms with Gasteiger partial charge in [0.05, 0.1) is 0 Å². The summed E-state index contributed by atoms with van der Waals surface area (Å²) in [5.41, 5.74) is 2.31. The maximum absolute atomic E-state index is 12.2. The second-order valence-corrected chi connectivity index (χ2v) is 5.89. The van der Waals surface area contributed by atoms with Crippen molar-refractivity contribution in [2.75, 3.05) is 18.9 Å². The normalized spacial score (nSPS) is 14.8. The molecule has 0 spiro atoms. The summed E-state index contributed by atoms with van der Waals surface area (Å²) >= 11 is 0. The maximum Gasteiger partial charge on any atom is 0.251 e. The number of carbonyl (C=O) groups is 2. The first-order valence-electron chi connectivity index (χ1n) is 7.96. The average Bonchev–Trinajstić information content (AvgIpc) is 3.00. The summed E-state index contributed by atoms with van der Waals surface area (Å²) in [5, 5.41) is 8.89. The summed E-state index contributed by atoms with van der Waals surface area (Å²) < 4.78 is 0. The number of carbonyl (C=O) groups excluding carboxylic acids is 2. The molecular formula is C17H25N3O2. The number of nitrogens with one attached hydrogen (secondary N) is 3. The lowest BCUT2D eigenvalue weighted by Gasteiger charge is -2.14. The van der Waals surface area contributed by atoms with Crippen LogP contribution in [0.15, 0.2) is 18.2 Å². The predicted octanol–water partition coefficient (Wildman–Crippen LogP) is 2.22. The molecule has 0 unspecified atom stereocenters. The number of hydrogen-bond donors (Lipinski definition) is 3. The predicted molar refractivity (Wildman–Crippen MR) is 88.1 cm³/mol. The summed E-state index contributed by atoms with van der Waals surface area (Å²) in [5.74, 6) is -0.0522. The Bertz CT molecular complexity index is 537. The van der Waals surface area contributed by atoms with Crippen molar-refractivity contribution in [1.82, 2.24) is 10.6 Å². The van der Waals surface area contributed by atoms with Crippen LogP contribution in [0.2, 0.25) is 0 Å². The molecule has 2 amide bonds. The number of anilines is 1. The summed E-state index contributed by atoms with van der Waals surface area (Å²) in [7, 11) is 1.82. The topological polar surface area (TPSA) is 70.2 Å². The van der Waals surface area contributed by atoms with Gasteiger partial charge in [-0.05, 0) is 50.6 Å². The van der Waals surface area contributed by atoms with Crippen LogP contribution >= 0.6 is 0 Å². The van der Waals surface area contributed by atoms with Gasteiger partial charge < -0.3 is 16.0 Å². The molecule has 1 aliphatic carbocycles. The third kappa shape index (κ3) is 4.56. The van der Waals surface area contributed by atoms with Gasteiger partial charge in [-0.1, -0.05) is 12.8 Å². The zero-order chi connectivity index (χ0) is 15.9. The Morgan fingerprint density at radius 3 is 2.59 bits per heavy atom. The quantitative estimate of drug-likeness (QED) is 0.754. The van der Waals surface area contributed by atoms with Crippen LogP contribution in [0.3, 0.4) is 0 Å². The number of hydrogen-bond acceptors (Lipinski definition) is 3. The lowest BCUT2D eigenvalue weighted by Crippen LogP contribution is -2.32. The van der Waals surface area contributed by atoms with E-state index in [1.807, 2.05) is 20.0 Å². The van der Waals surface area contributed by atoms with E-state index in [1.54, 1.807) is 12.1 Å². The third-order valence-corrected chi connectivity index (χ3v) is 4.06. The molecule has 0 aromatic heterocycles. The van der Waals surface area contributed by atoms with Crippen molar-refractivity contribution >= 4 is 17.5 Å². The van der Waals surface area contributed by atoms with E-state index in [-0.39, 0.29) is 11.8 Å². The van der Waals surface area contributed by atoms with Crippen LogP contribution in [0.5, 0.6) is 0 Å². The van der Waals surface area contributed by atoms with Crippen LogP contribution in [-0.2, 0) is 4.79 Å². The maximum atomic E-state index is 12.2. The first-order valence-corrected chi connectivity index (χ1v) is 7.96. The summed E-state index contributed by atoms with van der Waals surface area (Å²) in [6.45, 7) is 2.55. The highest BCUT2D eigenvalue weighted by Gasteiger charge is 2.18. The van der Waals surface area contributed by atoms with E-state index >= 15 is 0 Å². The van der Waals surface area contributed by atoms with Gasteiger partial charge in [-0.3, -0.25) is 9.59 Å². The fourth-order valence-electron chi connectivity index (χ4n) is 2.74. The van der Waals surface area contributed by atoms with Crippen molar-refractivity contribution in [3.63, 3.8) is 0 Å². The minimum atomic E-state index is -0.0272. The Hall–Kier alpha value is -1.88. The summed E-state index contributed by atoms with van der Waals surface area (Å²) in [6.07, 6.45) is 4.97. The second kappa shape index (κ2) is 7.94. The van der Waals surface area contributed by atoms with E-state index in [2.05, 4.69) is 16.0 Å². The number of benzene rings is 1. The third-order valence-electron chi connectivity index (χ3n) is 4.06. The summed E-state index contributed by atoms with van der Waals surface area (Å²) in [4.78, 5) is 24.0. The highest BCUT2D eigenvalue weighted by atomic mass is 16.2. The SMILES string of the molecule is CNCCC(=O)Nc1ccc(C(=O)NC2CCCC2)cc1C. The van der Waals surface area contributed by atoms with E-state index in [4.69, 9.17) is 0 Å². The van der Waals surface area contributed by atoms with Crippen molar-refractivity contribution in [2.45, 2.75) is 45.1 Å². The largest absolute Gasteiger partial charge is 0.349 e. The Balaban J connectivity index is 1.96. The van der Waals surface area contributed by atoms with Gasteiger partial charge in [-0.15, -0.1) is 0 Å². The molecule has 1 aromatic carbocycles. The van der Waals surface area contributed by atoms with Crippen LogP contribution in [0, 0.1) is 6.92 Å². The molecule has 0 bridgehead atoms. The van der Waals surface area contributed by atoms with Gasteiger partial charge in [0, 0.05) is 30.3 Å². The molecule has 1 aromatic rings. The second-order valence-electron chi connectivity index (χ2n) is 5.89. The lowest BCUT2D eigenvalue weighted by atomic mass is 10.1. The highest BCUT2D eigenvalue weighted by molar-refractivity contribution is 5.96. The van der Waals surface area contributed by atoms with E-state index in [0.29, 0.717) is 24.6 Å². The standard InChI is InChI=1S/C17H25N3O2/c1-12-11-13(17(22)19-14-5-3-4-6-14)7-8-15(12)20-16(21)9-10-18-2/h7-8,11,14,18H,3-6,9-10H2,1-2H3,(H,19,22)(H,20,21). The van der Waals surface area contributed by atoms with E-state index < -0.39 is 0 Å². The average molecular weight is 303 g/mol. The van der Waals surface area contributed by atoms with Crippen molar-refractivity contribution < 1.29 is 9.59 Å². The Morgan fingerprint density at radius 1 is 1.23 bits per heavy atom. The molecule has 0 radical (unpaired) electrons.